The molecule has 0 aliphatic carbocycles. The molecule has 19 heavy (non-hydrogen) atoms. The van der Waals surface area contributed by atoms with Crippen LogP contribution in [0.3, 0.4) is 0 Å². The van der Waals surface area contributed by atoms with Crippen molar-refractivity contribution in [2.45, 2.75) is 39.0 Å². The van der Waals surface area contributed by atoms with Crippen LogP contribution in [0.2, 0.25) is 0 Å². The first-order valence-corrected chi connectivity index (χ1v) is 6.41. The number of ketones is 1. The molecule has 1 aromatic rings. The molecule has 0 spiro atoms. The van der Waals surface area contributed by atoms with Gasteiger partial charge in [-0.1, -0.05) is 20.8 Å². The number of aromatic nitrogens is 1. The van der Waals surface area contributed by atoms with Crippen molar-refractivity contribution >= 4 is 17.6 Å². The van der Waals surface area contributed by atoms with Crippen molar-refractivity contribution in [3.05, 3.63) is 23.5 Å². The van der Waals surface area contributed by atoms with Crippen molar-refractivity contribution in [1.29, 1.82) is 0 Å². The van der Waals surface area contributed by atoms with E-state index in [1.165, 1.54) is 4.90 Å². The molecule has 1 aliphatic rings. The van der Waals surface area contributed by atoms with E-state index in [1.807, 2.05) is 20.8 Å². The molecule has 1 N–H and O–H groups in total. The van der Waals surface area contributed by atoms with Crippen LogP contribution in [-0.2, 0) is 5.41 Å². The lowest BCUT2D eigenvalue weighted by molar-refractivity contribution is 0.0981. The van der Waals surface area contributed by atoms with Crippen LogP contribution in [0.15, 0.2) is 12.3 Å². The minimum Gasteiger partial charge on any atom is -0.465 e. The minimum absolute atomic E-state index is 0.00726. The summed E-state index contributed by atoms with van der Waals surface area (Å²) in [6.07, 6.45) is 1.78. The van der Waals surface area contributed by atoms with Crippen molar-refractivity contribution in [3.8, 4) is 0 Å². The van der Waals surface area contributed by atoms with Crippen LogP contribution >= 0.6 is 0 Å². The molecule has 2 heterocycles. The Morgan fingerprint density at radius 3 is 2.74 bits per heavy atom. The summed E-state index contributed by atoms with van der Waals surface area (Å²) in [6, 6.07) is 1.66. The lowest BCUT2D eigenvalue weighted by atomic mass is 9.91. The first-order valence-electron chi connectivity index (χ1n) is 6.41. The molecular formula is C14H18N2O3. The van der Waals surface area contributed by atoms with E-state index in [-0.39, 0.29) is 11.2 Å². The van der Waals surface area contributed by atoms with Crippen LogP contribution in [0, 0.1) is 0 Å². The molecule has 0 unspecified atom stereocenters. The van der Waals surface area contributed by atoms with Crippen LogP contribution in [0.1, 0.15) is 49.7 Å². The molecule has 5 heteroatoms. The number of fused-ring (bicyclic) bond motifs is 1. The highest BCUT2D eigenvalue weighted by Crippen LogP contribution is 2.39. The number of hydrogen-bond acceptors (Lipinski definition) is 3. The Morgan fingerprint density at radius 1 is 1.47 bits per heavy atom. The second-order valence-electron chi connectivity index (χ2n) is 5.52. The van der Waals surface area contributed by atoms with Gasteiger partial charge >= 0.3 is 6.09 Å². The predicted octanol–water partition coefficient (Wildman–Crippen LogP) is 2.84. The molecular weight excluding hydrogens is 244 g/mol. The molecule has 0 saturated carbocycles. The highest BCUT2D eigenvalue weighted by Gasteiger charge is 2.39. The van der Waals surface area contributed by atoms with Crippen LogP contribution in [0.4, 0.5) is 10.5 Å². The molecule has 0 atom stereocenters. The number of hydrogen-bond donors (Lipinski definition) is 1. The normalized spacial score (nSPS) is 16.3. The SMILES string of the molecule is CCCC(=O)c1cnc2c(c1)N(C(=O)O)CC2(C)C. The maximum atomic E-state index is 11.9. The van der Waals surface area contributed by atoms with Gasteiger partial charge in [0.05, 0.1) is 11.4 Å². The molecule has 0 bridgehead atoms. The number of carbonyl (C=O) groups excluding carboxylic acids is 1. The molecule has 0 aromatic carbocycles. The van der Waals surface area contributed by atoms with Gasteiger partial charge in [-0.15, -0.1) is 0 Å². The van der Waals surface area contributed by atoms with Crippen LogP contribution < -0.4 is 4.90 Å². The van der Waals surface area contributed by atoms with E-state index in [0.717, 1.165) is 12.1 Å². The molecule has 5 nitrogen and oxygen atoms in total. The predicted molar refractivity (Wildman–Crippen MR) is 71.9 cm³/mol. The van der Waals surface area contributed by atoms with Gasteiger partial charge in [-0.2, -0.15) is 0 Å². The summed E-state index contributed by atoms with van der Waals surface area (Å²) in [5.74, 6) is 0.00726. The number of pyridine rings is 1. The fourth-order valence-electron chi connectivity index (χ4n) is 2.43. The van der Waals surface area contributed by atoms with Crippen molar-refractivity contribution in [2.75, 3.05) is 11.4 Å². The van der Waals surface area contributed by atoms with Gasteiger partial charge in [0.2, 0.25) is 0 Å². The first-order chi connectivity index (χ1) is 8.86. The Kier molecular flexibility index (Phi) is 3.30. The van der Waals surface area contributed by atoms with Gasteiger partial charge in [-0.05, 0) is 12.5 Å². The smallest absolute Gasteiger partial charge is 0.411 e. The standard InChI is InChI=1S/C14H18N2O3/c1-4-5-11(17)9-6-10-12(15-7-9)14(2,3)8-16(10)13(18)19/h6-7H,4-5,8H2,1-3H3,(H,18,19). The summed E-state index contributed by atoms with van der Waals surface area (Å²) < 4.78 is 0. The van der Waals surface area contributed by atoms with E-state index in [2.05, 4.69) is 4.98 Å². The third-order valence-corrected chi connectivity index (χ3v) is 3.38. The topological polar surface area (TPSA) is 70.5 Å². The Balaban J connectivity index is 2.46. The quantitative estimate of drug-likeness (QED) is 0.850. The minimum atomic E-state index is -1.01. The number of carbonyl (C=O) groups is 2. The highest BCUT2D eigenvalue weighted by molar-refractivity contribution is 5.98. The second kappa shape index (κ2) is 4.64. The number of anilines is 1. The summed E-state index contributed by atoms with van der Waals surface area (Å²) in [5, 5.41) is 9.24. The van der Waals surface area contributed by atoms with Gasteiger partial charge in [0, 0.05) is 30.1 Å². The molecule has 0 radical (unpaired) electrons. The molecule has 1 aliphatic heterocycles. The molecule has 1 amide bonds. The number of rotatable bonds is 3. The van der Waals surface area contributed by atoms with Gasteiger partial charge in [0.1, 0.15) is 0 Å². The van der Waals surface area contributed by atoms with Gasteiger partial charge < -0.3 is 5.11 Å². The largest absolute Gasteiger partial charge is 0.465 e. The van der Waals surface area contributed by atoms with Crippen molar-refractivity contribution in [3.63, 3.8) is 0 Å². The zero-order valence-electron chi connectivity index (χ0n) is 11.4. The summed E-state index contributed by atoms with van der Waals surface area (Å²) in [5.41, 5.74) is 1.45. The Bertz CT molecular complexity index is 537. The molecule has 2 rings (SSSR count). The maximum absolute atomic E-state index is 11.9. The van der Waals surface area contributed by atoms with Crippen molar-refractivity contribution in [1.82, 2.24) is 4.98 Å². The summed E-state index contributed by atoms with van der Waals surface area (Å²) in [4.78, 5) is 28.7. The number of nitrogens with zero attached hydrogens (tertiary/aromatic N) is 2. The highest BCUT2D eigenvalue weighted by atomic mass is 16.4. The van der Waals surface area contributed by atoms with Crippen LogP contribution in [0.25, 0.3) is 0 Å². The molecule has 0 fully saturated rings. The van der Waals surface area contributed by atoms with Crippen molar-refractivity contribution in [2.24, 2.45) is 0 Å². The molecule has 102 valence electrons. The van der Waals surface area contributed by atoms with E-state index in [1.54, 1.807) is 12.3 Å². The van der Waals surface area contributed by atoms with Crippen LogP contribution in [0.5, 0.6) is 0 Å². The average molecular weight is 262 g/mol. The second-order valence-corrected chi connectivity index (χ2v) is 5.52. The zero-order chi connectivity index (χ0) is 14.2. The van der Waals surface area contributed by atoms with Gasteiger partial charge in [-0.25, -0.2) is 4.79 Å². The Morgan fingerprint density at radius 2 is 2.16 bits per heavy atom. The summed E-state index contributed by atoms with van der Waals surface area (Å²) >= 11 is 0. The maximum Gasteiger partial charge on any atom is 0.411 e. The van der Waals surface area contributed by atoms with E-state index < -0.39 is 6.09 Å². The van der Waals surface area contributed by atoms with E-state index in [0.29, 0.717) is 24.2 Å². The molecule has 1 aromatic heterocycles. The van der Waals surface area contributed by atoms with E-state index in [4.69, 9.17) is 0 Å². The van der Waals surface area contributed by atoms with E-state index in [9.17, 15) is 14.7 Å². The summed E-state index contributed by atoms with van der Waals surface area (Å²) in [6.45, 7) is 6.21. The fourth-order valence-corrected chi connectivity index (χ4v) is 2.43. The molecule has 0 saturated heterocycles. The fraction of sp³-hybridized carbons (Fsp3) is 0.500. The van der Waals surface area contributed by atoms with Crippen LogP contribution in [-0.4, -0.2) is 28.5 Å². The number of Topliss-reactive ketones (excluding diaryl/α,β-unsaturated/α-hetero) is 1. The lowest BCUT2D eigenvalue weighted by Crippen LogP contribution is -2.32. The van der Waals surface area contributed by atoms with Gasteiger partial charge in [0.25, 0.3) is 0 Å². The third-order valence-electron chi connectivity index (χ3n) is 3.38. The number of amides is 1. The number of carboxylic acid groups (broad SMARTS) is 1. The monoisotopic (exact) mass is 262 g/mol. The average Bonchev–Trinajstić information content (AvgIpc) is 2.61. The van der Waals surface area contributed by atoms with Crippen molar-refractivity contribution < 1.29 is 14.7 Å². The Hall–Kier alpha value is -1.91. The first kappa shape index (κ1) is 13.5. The summed E-state index contributed by atoms with van der Waals surface area (Å²) in [7, 11) is 0. The van der Waals surface area contributed by atoms with Gasteiger partial charge in [0.15, 0.2) is 5.78 Å². The van der Waals surface area contributed by atoms with Gasteiger partial charge in [-0.3, -0.25) is 14.7 Å². The van der Waals surface area contributed by atoms with E-state index >= 15 is 0 Å². The zero-order valence-corrected chi connectivity index (χ0v) is 11.4. The third kappa shape index (κ3) is 2.32. The lowest BCUT2D eigenvalue weighted by Gasteiger charge is -2.17. The Labute approximate surface area is 112 Å².